The molecule has 1 aromatic heterocycles. The number of rotatable bonds is 11. The summed E-state index contributed by atoms with van der Waals surface area (Å²) >= 11 is 0. The van der Waals surface area contributed by atoms with E-state index in [0.717, 1.165) is 24.8 Å². The van der Waals surface area contributed by atoms with Gasteiger partial charge in [0.25, 0.3) is 11.8 Å². The number of fused-ring (bicyclic) bond motifs is 3. The van der Waals surface area contributed by atoms with Crippen LogP contribution < -0.4 is 24.2 Å². The van der Waals surface area contributed by atoms with E-state index in [1.54, 1.807) is 13.0 Å². The van der Waals surface area contributed by atoms with Crippen LogP contribution in [0.1, 0.15) is 92.9 Å². The molecule has 2 aromatic rings. The van der Waals surface area contributed by atoms with E-state index >= 15 is 18.0 Å². The Hall–Kier alpha value is -4.81. The van der Waals surface area contributed by atoms with Crippen molar-refractivity contribution < 1.29 is 60.1 Å². The van der Waals surface area contributed by atoms with Gasteiger partial charge in [0.05, 0.1) is 31.0 Å². The van der Waals surface area contributed by atoms with Gasteiger partial charge in [-0.15, -0.1) is 0 Å². The fraction of sp³-hybridized carbons (Fsp3) is 0.643. The molecule has 4 amide bonds. The second kappa shape index (κ2) is 16.5. The number of hydrogen-bond donors (Lipinski definition) is 3. The van der Waals surface area contributed by atoms with E-state index in [-0.39, 0.29) is 66.4 Å². The third kappa shape index (κ3) is 8.67. The van der Waals surface area contributed by atoms with Crippen molar-refractivity contribution in [1.29, 1.82) is 0 Å². The van der Waals surface area contributed by atoms with E-state index in [2.05, 4.69) is 15.0 Å². The van der Waals surface area contributed by atoms with Gasteiger partial charge >= 0.3 is 6.09 Å². The minimum atomic E-state index is -4.13. The molecule has 0 spiro atoms. The number of halogens is 3. The zero-order valence-electron chi connectivity index (χ0n) is 35.7. The second-order valence-electron chi connectivity index (χ2n) is 17.9. The molecule has 4 aliphatic rings. The lowest BCUT2D eigenvalue weighted by molar-refractivity contribution is -0.157. The van der Waals surface area contributed by atoms with Gasteiger partial charge in [0.15, 0.2) is 11.6 Å². The molecule has 2 aliphatic heterocycles. The van der Waals surface area contributed by atoms with Crippen molar-refractivity contribution in [2.24, 2.45) is 17.8 Å². The average Bonchev–Trinajstić information content (AvgIpc) is 4.06. The maximum absolute atomic E-state index is 15.5. The lowest BCUT2D eigenvalue weighted by Gasteiger charge is -2.47. The molecule has 2 saturated carbocycles. The Balaban J connectivity index is 1.46. The van der Waals surface area contributed by atoms with Crippen molar-refractivity contribution in [3.05, 3.63) is 36.2 Å². The summed E-state index contributed by atoms with van der Waals surface area (Å²) < 4.78 is 90.6. The van der Waals surface area contributed by atoms with Crippen molar-refractivity contribution in [3.63, 3.8) is 0 Å². The molecule has 0 bridgehead atoms. The van der Waals surface area contributed by atoms with Crippen LogP contribution in [0.5, 0.6) is 17.4 Å². The number of carbonyl (C=O) groups excluding carboxylic acids is 3. The molecule has 336 valence electrons. The molecule has 1 aromatic carbocycles. The Morgan fingerprint density at radius 1 is 1.10 bits per heavy atom. The first-order chi connectivity index (χ1) is 28.4. The highest BCUT2D eigenvalue weighted by molar-refractivity contribution is 7.91. The van der Waals surface area contributed by atoms with Crippen LogP contribution >= 0.6 is 0 Å². The first-order valence-electron chi connectivity index (χ1n) is 20.6. The van der Waals surface area contributed by atoms with Crippen LogP contribution in [-0.4, -0.2) is 113 Å². The highest BCUT2D eigenvalue weighted by Gasteiger charge is 2.63. The maximum Gasteiger partial charge on any atom is 0.408 e. The molecule has 15 nitrogen and oxygen atoms in total. The van der Waals surface area contributed by atoms with E-state index in [1.165, 1.54) is 33.3 Å². The van der Waals surface area contributed by atoms with Crippen LogP contribution in [-0.2, 0) is 24.4 Å². The van der Waals surface area contributed by atoms with Crippen molar-refractivity contribution in [2.45, 2.75) is 133 Å². The van der Waals surface area contributed by atoms with Gasteiger partial charge in [-0.25, -0.2) is 31.4 Å². The van der Waals surface area contributed by atoms with Gasteiger partial charge in [-0.3, -0.25) is 24.0 Å². The van der Waals surface area contributed by atoms with Gasteiger partial charge in [0, 0.05) is 36.8 Å². The number of methoxy groups -OCH3 is 2. The third-order valence-electron chi connectivity index (χ3n) is 13.3. The topological polar surface area (TPSA) is 194 Å². The van der Waals surface area contributed by atoms with E-state index < -0.39 is 91.4 Å². The Morgan fingerprint density at radius 2 is 1.79 bits per heavy atom. The lowest BCUT2D eigenvalue weighted by Crippen LogP contribution is -2.67. The average molecular weight is 880 g/mol. The second-order valence-corrected chi connectivity index (χ2v) is 20.1. The summed E-state index contributed by atoms with van der Waals surface area (Å²) in [6.45, 7) is 7.49. The Bertz CT molecular complexity index is 2210. The van der Waals surface area contributed by atoms with Crippen LogP contribution in [0.2, 0.25) is 0 Å². The predicted molar refractivity (Wildman–Crippen MR) is 217 cm³/mol. The molecular weight excluding hydrogens is 824 g/mol. The summed E-state index contributed by atoms with van der Waals surface area (Å²) in [5.41, 5.74) is -3.91. The molecule has 1 saturated heterocycles. The molecule has 2 aliphatic carbocycles. The number of allylic oxidation sites excluding steroid dienone is 1. The molecule has 0 unspecified atom stereocenters. The SMILES string of the molecule is CC[C@@H]1C[C@H](C)CCC=C[C@@H]2C[C@@]2(C(=O)NS(=O)(=O)C2(C)CC2)NC(=O)[C@@H]2C[C@@H](Oc3cc(OC)nc4cc(OC)c(F)cc34)CN2C(=O)[C@H]1N(C(=O)O)C(C)(C)C(C)(F)F. The number of hydrogen-bond acceptors (Lipinski definition) is 10. The first-order valence-corrected chi connectivity index (χ1v) is 22.1. The van der Waals surface area contributed by atoms with E-state index in [9.17, 15) is 27.9 Å². The van der Waals surface area contributed by atoms with Gasteiger partial charge in [-0.05, 0) is 77.2 Å². The fourth-order valence-electron chi connectivity index (χ4n) is 8.56. The van der Waals surface area contributed by atoms with Crippen molar-refractivity contribution in [3.8, 4) is 17.4 Å². The summed E-state index contributed by atoms with van der Waals surface area (Å²) in [6, 6.07) is 0.692. The molecule has 3 heterocycles. The number of aromatic nitrogens is 1. The number of carboxylic acid groups (broad SMARTS) is 1. The quantitative estimate of drug-likeness (QED) is 0.231. The Labute approximate surface area is 353 Å². The summed E-state index contributed by atoms with van der Waals surface area (Å²) in [4.78, 5) is 63.3. The number of amides is 4. The number of sulfonamides is 1. The number of carbonyl (C=O) groups is 4. The summed E-state index contributed by atoms with van der Waals surface area (Å²) in [5.74, 6) is -8.61. The van der Waals surface area contributed by atoms with Crippen LogP contribution in [0, 0.1) is 23.6 Å². The molecule has 19 heteroatoms. The summed E-state index contributed by atoms with van der Waals surface area (Å²) in [6.07, 6.45) is 2.81. The number of nitrogens with one attached hydrogen (secondary N) is 2. The van der Waals surface area contributed by atoms with Gasteiger partial charge in [-0.1, -0.05) is 32.4 Å². The highest BCUT2D eigenvalue weighted by atomic mass is 32.2. The molecular formula is C42H56F3N5O10S. The predicted octanol–water partition coefficient (Wildman–Crippen LogP) is 5.80. The van der Waals surface area contributed by atoms with Gasteiger partial charge in [-0.2, -0.15) is 0 Å². The minimum absolute atomic E-state index is 0.0500. The van der Waals surface area contributed by atoms with Crippen LogP contribution in [0.4, 0.5) is 18.0 Å². The van der Waals surface area contributed by atoms with Gasteiger partial charge < -0.3 is 29.5 Å². The molecule has 3 fully saturated rings. The summed E-state index contributed by atoms with van der Waals surface area (Å²) in [5, 5.41) is 13.7. The zero-order chi connectivity index (χ0) is 45.0. The maximum atomic E-state index is 15.5. The molecule has 3 N–H and O–H groups in total. The van der Waals surface area contributed by atoms with Gasteiger partial charge in [0.2, 0.25) is 27.7 Å². The number of benzene rings is 1. The van der Waals surface area contributed by atoms with E-state index in [4.69, 9.17) is 14.2 Å². The van der Waals surface area contributed by atoms with E-state index in [0.29, 0.717) is 37.5 Å². The van der Waals surface area contributed by atoms with Crippen molar-refractivity contribution in [1.82, 2.24) is 24.8 Å². The number of alkyl halides is 2. The molecule has 7 atom stereocenters. The van der Waals surface area contributed by atoms with Crippen LogP contribution in [0.3, 0.4) is 0 Å². The highest BCUT2D eigenvalue weighted by Crippen LogP contribution is 2.48. The van der Waals surface area contributed by atoms with Crippen molar-refractivity contribution >= 4 is 44.7 Å². The van der Waals surface area contributed by atoms with Crippen molar-refractivity contribution in [2.75, 3.05) is 20.8 Å². The monoisotopic (exact) mass is 879 g/mol. The standard InChI is InChI=1S/C42H56F3N5O10S/c1-9-24-16-23(2)12-10-11-13-25-21-42(25,37(53)48-61(56,57)40(5)14-15-40)47-35(51)30-17-26(22-49(30)36(52)34(24)50(38(54)55)39(3,4)41(6,44)45)60-31-20-33(59-8)46-29-19-32(58-7)28(43)18-27(29)31/h11,13,18-20,23-26,30,34H,9-10,12,14-17,21-22H2,1-8H3,(H,47,51)(H,48,53)(H,54,55)/t23-,24-,25-,26-,30+,34+,42-/m1/s1. The minimum Gasteiger partial charge on any atom is -0.494 e. The Morgan fingerprint density at radius 3 is 2.38 bits per heavy atom. The summed E-state index contributed by atoms with van der Waals surface area (Å²) in [7, 11) is -1.49. The molecule has 6 rings (SSSR count). The number of pyridine rings is 1. The number of nitrogens with zero attached hydrogens (tertiary/aromatic N) is 3. The zero-order valence-corrected chi connectivity index (χ0v) is 36.5. The Kier molecular flexibility index (Phi) is 12.3. The van der Waals surface area contributed by atoms with Gasteiger partial charge in [0.1, 0.15) is 35.0 Å². The lowest BCUT2D eigenvalue weighted by atomic mass is 9.81. The fourth-order valence-corrected chi connectivity index (χ4v) is 9.87. The molecule has 0 radical (unpaired) electrons. The van der Waals surface area contributed by atoms with Crippen LogP contribution in [0.25, 0.3) is 10.9 Å². The third-order valence-corrected chi connectivity index (χ3v) is 15.4. The molecule has 61 heavy (non-hydrogen) atoms. The largest absolute Gasteiger partial charge is 0.494 e. The smallest absolute Gasteiger partial charge is 0.408 e. The number of ether oxygens (including phenoxy) is 3. The first kappa shape index (κ1) is 45.7. The normalized spacial score (nSPS) is 28.1. The van der Waals surface area contributed by atoms with E-state index in [1.807, 2.05) is 13.0 Å². The van der Waals surface area contributed by atoms with Crippen LogP contribution in [0.15, 0.2) is 30.4 Å².